The normalized spacial score (nSPS) is 16.5. The molecule has 0 N–H and O–H groups in total. The van der Waals surface area contributed by atoms with E-state index < -0.39 is 304 Å². The number of fused-ring (bicyclic) bond motifs is 11. The Morgan fingerprint density at radius 1 is 0.107 bits per heavy atom. The summed E-state index contributed by atoms with van der Waals surface area (Å²) in [5, 5.41) is 8.97. The summed E-state index contributed by atoms with van der Waals surface area (Å²) in [5.74, 6) is 0. The summed E-state index contributed by atoms with van der Waals surface area (Å²) in [6.07, 6.45) is 0. The van der Waals surface area contributed by atoms with Crippen LogP contribution in [-0.2, 0) is 0 Å². The average Bonchev–Trinajstić information content (AvgIpc) is 0.683. The Morgan fingerprint density at radius 2 is 0.336 bits per heavy atom. The second-order valence-corrected chi connectivity index (χ2v) is 32.3. The lowest BCUT2D eigenvalue weighted by Gasteiger charge is -2.19. The standard InChI is InChI=1S/3C36H24.C32H22/c2*1-3-13-26(14-4-1)35-31-19-9-10-20-32(31)36(27-15-5-2-6-16-27)34-24-28(22-23-33(34)35)30-21-11-17-25-12-7-8-18-29(25)30;1-3-12-26(13-4-1)35-31-17-9-10-18-32(31)36(27-14-5-2-6-15-27)34-24-30(21-22-33(34)35)29-20-19-25-11-7-8-16-28(25)23-29;1-4-12-23(13-5-1)26-20-21-29-30(22-26)32(25-16-8-3-9-17-25)28-19-11-10-18-27(28)31(29)24-14-6-2-7-15-24/h3*1-24H;1-22H/i1D,2D,3D,4D,5D,6D,9D,10D,13D,14D,15D,16D,19D,20D,22D,23D,24D;1D,2D,3D,4D,5D,6D,13D,14D,15D,16D;1D,2D,3D,4D,5D,6D,12D,13D,14D,15D;1D,2D,3D,4D,5D,6D,7D,8D,9D,12D,13D,14D,15D,16D,17D. The van der Waals surface area contributed by atoms with Gasteiger partial charge in [0.1, 0.15) is 0 Å². The maximum atomic E-state index is 9.80. The van der Waals surface area contributed by atoms with Crippen molar-refractivity contribution in [3.63, 3.8) is 0 Å². The molecule has 0 unspecified atom stereocenters. The molecule has 0 aliphatic rings. The van der Waals surface area contributed by atoms with E-state index in [1.807, 2.05) is 115 Å². The van der Waals surface area contributed by atoms with Gasteiger partial charge in [0, 0.05) is 0 Å². The van der Waals surface area contributed by atoms with Crippen LogP contribution in [0.5, 0.6) is 0 Å². The first-order chi connectivity index (χ1) is 91.1. The molecule has 0 heteroatoms. The lowest BCUT2D eigenvalue weighted by molar-refractivity contribution is 1.63. The van der Waals surface area contributed by atoms with Gasteiger partial charge in [-0.1, -0.05) is 539 Å². The quantitative estimate of drug-likeness (QED) is 0.107. The van der Waals surface area contributed by atoms with Crippen molar-refractivity contribution in [1.82, 2.24) is 0 Å². The molecule has 0 saturated carbocycles. The molecule has 0 fully saturated rings. The van der Waals surface area contributed by atoms with Crippen LogP contribution in [0.15, 0.2) is 569 Å². The maximum Gasteiger partial charge on any atom is 0.0636 e. The monoisotopic (exact) mass is 1830 g/mol. The van der Waals surface area contributed by atoms with Crippen LogP contribution in [-0.4, -0.2) is 0 Å². The van der Waals surface area contributed by atoms with Crippen molar-refractivity contribution in [3.8, 4) is 134 Å². The van der Waals surface area contributed by atoms with Crippen LogP contribution in [0.2, 0.25) is 0 Å². The topological polar surface area (TPSA) is 0 Å². The zero-order chi connectivity index (χ0) is 138. The van der Waals surface area contributed by atoms with Crippen molar-refractivity contribution in [2.45, 2.75) is 0 Å². The lowest BCUT2D eigenvalue weighted by Crippen LogP contribution is -1.91. The Morgan fingerprint density at radius 3 is 0.693 bits per heavy atom. The summed E-state index contributed by atoms with van der Waals surface area (Å²) in [6, 6.07) is 47.1. The predicted molar refractivity (Wildman–Crippen MR) is 604 cm³/mol. The fourth-order valence-corrected chi connectivity index (χ4v) is 18.7. The highest BCUT2D eigenvalue weighted by molar-refractivity contribution is 6.27. The molecule has 0 heterocycles. The Kier molecular flexibility index (Phi) is 12.4. The van der Waals surface area contributed by atoms with E-state index in [1.165, 1.54) is 18.2 Å². The third-order valence-electron chi connectivity index (χ3n) is 24.6. The van der Waals surface area contributed by atoms with Crippen LogP contribution in [0, 0.1) is 0 Å². The summed E-state index contributed by atoms with van der Waals surface area (Å²) in [7, 11) is 0. The molecule has 0 aromatic heterocycles. The van der Waals surface area contributed by atoms with Crippen LogP contribution < -0.4 is 0 Å². The van der Waals surface area contributed by atoms with Gasteiger partial charge in [-0.25, -0.2) is 0 Å². The third-order valence-corrected chi connectivity index (χ3v) is 24.6. The Bertz CT molecular complexity index is 12500. The molecule has 0 bridgehead atoms. The lowest BCUT2D eigenvalue weighted by atomic mass is 9.84. The van der Waals surface area contributed by atoms with Crippen molar-refractivity contribution >= 4 is 118 Å². The largest absolute Gasteiger partial charge is 0.0636 e. The minimum Gasteiger partial charge on any atom is -0.0622 e. The van der Waals surface area contributed by atoms with Gasteiger partial charge in [0.2, 0.25) is 0 Å². The molecule has 27 aromatic carbocycles. The summed E-state index contributed by atoms with van der Waals surface area (Å²) in [5.41, 5.74) is 3.42. The average molecular weight is 1830 g/mol. The molecule has 27 rings (SSSR count). The van der Waals surface area contributed by atoms with Crippen LogP contribution in [0.4, 0.5) is 0 Å². The second kappa shape index (κ2) is 37.9. The molecule has 27 aromatic rings. The van der Waals surface area contributed by atoms with Crippen LogP contribution in [0.1, 0.15) is 71.3 Å². The van der Waals surface area contributed by atoms with Crippen molar-refractivity contribution in [3.05, 3.63) is 569 Å². The van der Waals surface area contributed by atoms with E-state index >= 15 is 0 Å². The number of rotatable bonds is 12. The Balaban J connectivity index is 0.000000129. The predicted octanol–water partition coefficient (Wildman–Crippen LogP) is 39.4. The first kappa shape index (κ1) is 45.9. The molecule has 0 aliphatic carbocycles. The number of hydrogen-bond donors (Lipinski definition) is 0. The number of hydrogen-bond acceptors (Lipinski definition) is 0. The maximum absolute atomic E-state index is 9.80. The first-order valence-electron chi connectivity index (χ1n) is 70.2. The third kappa shape index (κ3) is 16.1. The van der Waals surface area contributed by atoms with Crippen LogP contribution >= 0.6 is 0 Å². The molecule has 0 radical (unpaired) electrons. The molecular weight excluding hydrogens is 1680 g/mol. The molecule has 140 heavy (non-hydrogen) atoms. The molecule has 0 atom stereocenters. The van der Waals surface area contributed by atoms with Gasteiger partial charge < -0.3 is 0 Å². The summed E-state index contributed by atoms with van der Waals surface area (Å²) < 4.78 is 448. The van der Waals surface area contributed by atoms with Crippen molar-refractivity contribution in [1.29, 1.82) is 0 Å². The van der Waals surface area contributed by atoms with E-state index in [4.69, 9.17) is 65.8 Å². The molecule has 0 nitrogen and oxygen atoms in total. The second-order valence-electron chi connectivity index (χ2n) is 32.3. The van der Waals surface area contributed by atoms with E-state index in [0.29, 0.717) is 92.5 Å². The zero-order valence-corrected chi connectivity index (χ0v) is 73.2. The van der Waals surface area contributed by atoms with Gasteiger partial charge in [0.15, 0.2) is 0 Å². The molecule has 0 spiro atoms. The van der Waals surface area contributed by atoms with Gasteiger partial charge in [-0.05, 0) is 282 Å². The first-order valence-corrected chi connectivity index (χ1v) is 44.2. The smallest absolute Gasteiger partial charge is 0.0622 e. The highest BCUT2D eigenvalue weighted by Gasteiger charge is 2.24. The number of benzene rings is 27. The Hall–Kier alpha value is -18.2. The fraction of sp³-hybridized carbons (Fsp3) is 0. The van der Waals surface area contributed by atoms with Gasteiger partial charge in [-0.2, -0.15) is 0 Å². The SMILES string of the molecule is [2H]c1c([2H])c([2H])c(-c2c3c([2H])c([2H])c([2H])c([2H])c3c(-c3c([2H])c([2H])c([2H])c([2H])c3[2H])c3c([2H])c(-c4cccc5ccccc45)c([2H])c([2H])c23)c([2H])c1[2H].[2H]c1c([2H])c([2H])c(-c2c3ccccc3c(-c3c([2H])c([2H])c([2H])c([2H])c3[2H])c3cc(-c4ccc5ccccc5c4)ccc23)c([2H])c1[2H].[2H]c1c([2H])c([2H])c(-c2c3ccccc3c(-c3c([2H])c([2H])c([2H])c([2H])c3[2H])c3cc(-c4cccc5ccccc45)ccc23)c([2H])c1[2H].[2H]c1c([2H])c([2H])c(-c2ccc3c(-c4c([2H])c([2H])c([2H])c([2H])c4[2H])c4ccccc4c(-c4c([2H])c([2H])c([2H])c([2H])c4[2H])c3c2)c([2H])c1[2H]. The Labute approximate surface area is 889 Å². The van der Waals surface area contributed by atoms with E-state index in [9.17, 15) is 5.48 Å². The summed E-state index contributed by atoms with van der Waals surface area (Å²) in [4.78, 5) is 0. The van der Waals surface area contributed by atoms with Crippen molar-refractivity contribution in [2.24, 2.45) is 0 Å². The van der Waals surface area contributed by atoms with Crippen LogP contribution in [0.25, 0.3) is 252 Å². The minimum atomic E-state index is -0.807. The molecule has 0 saturated heterocycles. The molecule has 0 aliphatic heterocycles. The molecule has 654 valence electrons. The van der Waals surface area contributed by atoms with Crippen molar-refractivity contribution in [2.75, 3.05) is 0 Å². The molecular formula is C140H94. The van der Waals surface area contributed by atoms with E-state index in [2.05, 4.69) is 6.07 Å². The highest BCUT2D eigenvalue weighted by atomic mass is 14.3. The highest BCUT2D eigenvalue weighted by Crippen LogP contribution is 2.52. The van der Waals surface area contributed by atoms with Gasteiger partial charge in [0.05, 0.1) is 71.3 Å². The summed E-state index contributed by atoms with van der Waals surface area (Å²) >= 11 is 0. The van der Waals surface area contributed by atoms with Gasteiger partial charge in [-0.3, -0.25) is 0 Å². The van der Waals surface area contributed by atoms with Gasteiger partial charge in [0.25, 0.3) is 0 Å². The van der Waals surface area contributed by atoms with E-state index in [-0.39, 0.29) is 126 Å². The van der Waals surface area contributed by atoms with E-state index in [0.717, 1.165) is 43.8 Å². The minimum absolute atomic E-state index is 0.0230. The van der Waals surface area contributed by atoms with E-state index in [1.54, 1.807) is 115 Å². The molecule has 0 amide bonds. The van der Waals surface area contributed by atoms with Gasteiger partial charge in [-0.15, -0.1) is 0 Å². The van der Waals surface area contributed by atoms with Crippen LogP contribution in [0.3, 0.4) is 0 Å². The van der Waals surface area contributed by atoms with Crippen molar-refractivity contribution < 1.29 is 71.3 Å². The zero-order valence-electron chi connectivity index (χ0n) is 125. The van der Waals surface area contributed by atoms with Gasteiger partial charge >= 0.3 is 0 Å². The summed E-state index contributed by atoms with van der Waals surface area (Å²) in [6.45, 7) is 0. The fourth-order valence-electron chi connectivity index (χ4n) is 18.7.